The molecule has 1 atom stereocenters. The Hall–Kier alpha value is -2.71. The highest BCUT2D eigenvalue weighted by Crippen LogP contribution is 2.26. The molecule has 1 aliphatic carbocycles. The number of aliphatic carboxylic acids is 2. The van der Waals surface area contributed by atoms with Gasteiger partial charge in [-0.25, -0.2) is 9.59 Å². The number of oxime groups is 1. The van der Waals surface area contributed by atoms with Gasteiger partial charge < -0.3 is 20.0 Å². The predicted octanol–water partition coefficient (Wildman–Crippen LogP) is 4.66. The largest absolute Gasteiger partial charge is 0.478 e. The average molecular weight is 502 g/mol. The van der Waals surface area contributed by atoms with Gasteiger partial charge in [-0.3, -0.25) is 4.90 Å². The van der Waals surface area contributed by atoms with E-state index in [1.54, 1.807) is 0 Å². The fraction of sp³-hybridized carbons (Fsp3) is 0.607. The van der Waals surface area contributed by atoms with Crippen LogP contribution < -0.4 is 0 Å². The van der Waals surface area contributed by atoms with E-state index in [4.69, 9.17) is 15.1 Å². The number of hydrogen-bond donors (Lipinski definition) is 2. The van der Waals surface area contributed by atoms with Crippen molar-refractivity contribution >= 4 is 17.7 Å². The Bertz CT molecular complexity index is 804. The summed E-state index contributed by atoms with van der Waals surface area (Å²) in [6.45, 7) is 9.90. The van der Waals surface area contributed by atoms with Crippen LogP contribution in [0.25, 0.3) is 0 Å². The molecule has 0 aromatic heterocycles. The Labute approximate surface area is 215 Å². The Kier molecular flexibility index (Phi) is 14.5. The van der Waals surface area contributed by atoms with Gasteiger partial charge in [-0.05, 0) is 37.7 Å². The van der Waals surface area contributed by atoms with Crippen LogP contribution in [0, 0.1) is 5.92 Å². The highest BCUT2D eigenvalue weighted by atomic mass is 16.6. The number of nitrogens with zero attached hydrogens (tertiary/aromatic N) is 3. The molecular weight excluding hydrogens is 458 g/mol. The maximum Gasteiger partial charge on any atom is 0.328 e. The SMILES string of the molecule is CCCCC1CCCC/C1=N\OCCCN1CCN(Cc2ccccc2)CC1.O=C(O)/C=C/C(=O)O. The minimum absolute atomic E-state index is 0.558. The van der Waals surface area contributed by atoms with Crippen molar-refractivity contribution in [1.82, 2.24) is 9.80 Å². The Morgan fingerprint density at radius 1 is 1.00 bits per heavy atom. The molecule has 1 unspecified atom stereocenters. The summed E-state index contributed by atoms with van der Waals surface area (Å²) in [5.41, 5.74) is 2.76. The van der Waals surface area contributed by atoms with Crippen molar-refractivity contribution in [3.05, 3.63) is 48.0 Å². The van der Waals surface area contributed by atoms with E-state index < -0.39 is 11.9 Å². The molecule has 8 heteroatoms. The van der Waals surface area contributed by atoms with Crippen LogP contribution in [0.3, 0.4) is 0 Å². The summed E-state index contributed by atoms with van der Waals surface area (Å²) in [6.07, 6.45) is 11.2. The molecule has 0 radical (unpaired) electrons. The first-order valence-corrected chi connectivity index (χ1v) is 13.3. The highest BCUT2D eigenvalue weighted by molar-refractivity contribution is 5.89. The fourth-order valence-corrected chi connectivity index (χ4v) is 4.59. The second-order valence-corrected chi connectivity index (χ2v) is 9.47. The topological polar surface area (TPSA) is 103 Å². The maximum absolute atomic E-state index is 9.55. The molecule has 0 amide bonds. The lowest BCUT2D eigenvalue weighted by atomic mass is 9.84. The minimum Gasteiger partial charge on any atom is -0.478 e. The van der Waals surface area contributed by atoms with Crippen LogP contribution in [-0.4, -0.2) is 77.0 Å². The summed E-state index contributed by atoms with van der Waals surface area (Å²) in [5, 5.41) is 20.2. The summed E-state index contributed by atoms with van der Waals surface area (Å²) < 4.78 is 0. The third kappa shape index (κ3) is 12.8. The third-order valence-electron chi connectivity index (χ3n) is 6.59. The number of unbranched alkanes of at least 4 members (excludes halogenated alkanes) is 1. The average Bonchev–Trinajstić information content (AvgIpc) is 2.88. The molecule has 36 heavy (non-hydrogen) atoms. The lowest BCUT2D eigenvalue weighted by molar-refractivity contribution is -0.134. The van der Waals surface area contributed by atoms with Crippen molar-refractivity contribution in [3.8, 4) is 0 Å². The van der Waals surface area contributed by atoms with Crippen LogP contribution in [0.2, 0.25) is 0 Å². The van der Waals surface area contributed by atoms with E-state index in [1.165, 1.54) is 62.9 Å². The first kappa shape index (κ1) is 29.5. The van der Waals surface area contributed by atoms with Gasteiger partial charge in [0.1, 0.15) is 6.61 Å². The van der Waals surface area contributed by atoms with Gasteiger partial charge in [0.2, 0.25) is 0 Å². The molecule has 1 aliphatic heterocycles. The number of carbonyl (C=O) groups is 2. The van der Waals surface area contributed by atoms with Crippen molar-refractivity contribution in [3.63, 3.8) is 0 Å². The van der Waals surface area contributed by atoms with Gasteiger partial charge in [-0.2, -0.15) is 0 Å². The standard InChI is InChI=1S/C24H39N3O.C4H4O4/c1-2-3-12-23-13-7-8-14-24(23)25-28-20-9-15-26-16-18-27(19-17-26)21-22-10-5-4-6-11-22;5-3(6)1-2-4(7)8/h4-6,10-11,23H,2-3,7-9,12-21H2,1H3;1-2H,(H,5,6)(H,7,8)/b25-24+;2-1+. The Morgan fingerprint density at radius 2 is 1.67 bits per heavy atom. The van der Waals surface area contributed by atoms with Crippen LogP contribution >= 0.6 is 0 Å². The third-order valence-corrected chi connectivity index (χ3v) is 6.59. The van der Waals surface area contributed by atoms with E-state index in [0.29, 0.717) is 18.1 Å². The van der Waals surface area contributed by atoms with Crippen molar-refractivity contribution in [2.24, 2.45) is 11.1 Å². The van der Waals surface area contributed by atoms with E-state index in [-0.39, 0.29) is 0 Å². The number of carboxylic acids is 2. The molecule has 0 spiro atoms. The molecule has 3 rings (SSSR count). The van der Waals surface area contributed by atoms with Crippen LogP contribution in [0.1, 0.15) is 63.9 Å². The van der Waals surface area contributed by atoms with Gasteiger partial charge in [0.25, 0.3) is 0 Å². The van der Waals surface area contributed by atoms with Crippen LogP contribution in [0.5, 0.6) is 0 Å². The zero-order chi connectivity index (χ0) is 26.0. The molecule has 2 N–H and O–H groups in total. The van der Waals surface area contributed by atoms with Gasteiger partial charge in [0, 0.05) is 57.3 Å². The normalized spacial score (nSPS) is 20.1. The summed E-state index contributed by atoms with van der Waals surface area (Å²) in [4.78, 5) is 30.0. The zero-order valence-corrected chi connectivity index (χ0v) is 21.7. The molecule has 1 saturated carbocycles. The van der Waals surface area contributed by atoms with E-state index in [1.807, 2.05) is 0 Å². The number of benzene rings is 1. The smallest absolute Gasteiger partial charge is 0.328 e. The van der Waals surface area contributed by atoms with Crippen molar-refractivity contribution in [2.75, 3.05) is 39.3 Å². The summed E-state index contributed by atoms with van der Waals surface area (Å²) in [6, 6.07) is 10.8. The number of hydrogen-bond acceptors (Lipinski definition) is 6. The molecule has 200 valence electrons. The molecule has 2 fully saturated rings. The first-order valence-electron chi connectivity index (χ1n) is 13.3. The molecule has 1 aromatic rings. The van der Waals surface area contributed by atoms with Crippen molar-refractivity contribution in [2.45, 2.75) is 64.8 Å². The molecule has 8 nitrogen and oxygen atoms in total. The van der Waals surface area contributed by atoms with E-state index >= 15 is 0 Å². The number of piperazine rings is 1. The zero-order valence-electron chi connectivity index (χ0n) is 21.7. The molecule has 1 saturated heterocycles. The maximum atomic E-state index is 9.55. The molecule has 2 aliphatic rings. The predicted molar refractivity (Wildman–Crippen MR) is 142 cm³/mol. The van der Waals surface area contributed by atoms with Gasteiger partial charge in [0.15, 0.2) is 0 Å². The van der Waals surface area contributed by atoms with Crippen molar-refractivity contribution < 1.29 is 24.6 Å². The fourth-order valence-electron chi connectivity index (χ4n) is 4.59. The van der Waals surface area contributed by atoms with Gasteiger partial charge >= 0.3 is 11.9 Å². The second kappa shape index (κ2) is 17.7. The molecular formula is C28H43N3O5. The van der Waals surface area contributed by atoms with E-state index in [0.717, 1.165) is 45.6 Å². The van der Waals surface area contributed by atoms with Gasteiger partial charge in [-0.1, -0.05) is 61.7 Å². The Balaban J connectivity index is 0.000000493. The van der Waals surface area contributed by atoms with Crippen LogP contribution in [-0.2, 0) is 21.0 Å². The van der Waals surface area contributed by atoms with Gasteiger partial charge in [0.05, 0.1) is 5.71 Å². The van der Waals surface area contributed by atoms with Crippen LogP contribution in [0.15, 0.2) is 47.6 Å². The summed E-state index contributed by atoms with van der Waals surface area (Å²) in [7, 11) is 0. The van der Waals surface area contributed by atoms with Crippen LogP contribution in [0.4, 0.5) is 0 Å². The number of carboxylic acid groups (broad SMARTS) is 2. The molecule has 1 aromatic carbocycles. The number of rotatable bonds is 12. The second-order valence-electron chi connectivity index (χ2n) is 9.47. The summed E-state index contributed by atoms with van der Waals surface area (Å²) >= 11 is 0. The molecule has 1 heterocycles. The molecule has 0 bridgehead atoms. The monoisotopic (exact) mass is 501 g/mol. The highest BCUT2D eigenvalue weighted by Gasteiger charge is 2.20. The van der Waals surface area contributed by atoms with E-state index in [9.17, 15) is 9.59 Å². The summed E-state index contributed by atoms with van der Waals surface area (Å²) in [5.74, 6) is -1.83. The van der Waals surface area contributed by atoms with Crippen molar-refractivity contribution in [1.29, 1.82) is 0 Å². The first-order chi connectivity index (χ1) is 17.5. The quantitative estimate of drug-likeness (QED) is 0.244. The lowest BCUT2D eigenvalue weighted by Gasteiger charge is -2.34. The minimum atomic E-state index is -1.26. The Morgan fingerprint density at radius 3 is 2.31 bits per heavy atom. The lowest BCUT2D eigenvalue weighted by Crippen LogP contribution is -2.46. The van der Waals surface area contributed by atoms with E-state index in [2.05, 4.69) is 52.2 Å². The van der Waals surface area contributed by atoms with Gasteiger partial charge in [-0.15, -0.1) is 0 Å².